The molecular formula is C19H28N2O4. The molecule has 0 aliphatic carbocycles. The van der Waals surface area contributed by atoms with Crippen molar-refractivity contribution >= 4 is 23.5 Å². The van der Waals surface area contributed by atoms with Crippen LogP contribution in [0, 0.1) is 5.41 Å². The summed E-state index contributed by atoms with van der Waals surface area (Å²) in [6.45, 7) is 9.98. The van der Waals surface area contributed by atoms with E-state index >= 15 is 0 Å². The quantitative estimate of drug-likeness (QED) is 0.769. The predicted molar refractivity (Wildman–Crippen MR) is 97.5 cm³/mol. The molecule has 1 N–H and O–H groups in total. The Hall–Kier alpha value is -2.37. The molecule has 1 aromatic carbocycles. The maximum atomic E-state index is 12.6. The third-order valence-electron chi connectivity index (χ3n) is 3.61. The first-order valence-corrected chi connectivity index (χ1v) is 8.57. The van der Waals surface area contributed by atoms with Gasteiger partial charge < -0.3 is 15.0 Å². The standard InChI is InChI=1S/C19H28N2O4/c1-6-21(16(22)12-13-20-18(24)19(3,4)5)15-11-9-8-10-14(15)17(23)25-7-2/h8-11H,6-7,12-13H2,1-5H3,(H,20,24). The number of anilines is 1. The molecule has 0 saturated heterocycles. The SMILES string of the molecule is CCOC(=O)c1ccccc1N(CC)C(=O)CCNC(=O)C(C)(C)C. The lowest BCUT2D eigenvalue weighted by Crippen LogP contribution is -2.39. The summed E-state index contributed by atoms with van der Waals surface area (Å²) < 4.78 is 5.06. The highest BCUT2D eigenvalue weighted by molar-refractivity contribution is 6.02. The van der Waals surface area contributed by atoms with Crippen molar-refractivity contribution in [1.29, 1.82) is 0 Å². The normalized spacial score (nSPS) is 10.9. The first kappa shape index (κ1) is 20.7. The molecule has 0 aliphatic rings. The second kappa shape index (κ2) is 9.20. The van der Waals surface area contributed by atoms with Gasteiger partial charge >= 0.3 is 5.97 Å². The second-order valence-electron chi connectivity index (χ2n) is 6.63. The fraction of sp³-hybridized carbons (Fsp3) is 0.526. The number of rotatable bonds is 7. The topological polar surface area (TPSA) is 75.7 Å². The van der Waals surface area contributed by atoms with E-state index in [1.54, 1.807) is 31.2 Å². The van der Waals surface area contributed by atoms with E-state index in [-0.39, 0.29) is 31.4 Å². The Morgan fingerprint density at radius 1 is 1.12 bits per heavy atom. The van der Waals surface area contributed by atoms with E-state index in [1.807, 2.05) is 27.7 Å². The minimum Gasteiger partial charge on any atom is -0.462 e. The highest BCUT2D eigenvalue weighted by Gasteiger charge is 2.23. The van der Waals surface area contributed by atoms with Crippen LogP contribution in [0.3, 0.4) is 0 Å². The highest BCUT2D eigenvalue weighted by Crippen LogP contribution is 2.22. The average Bonchev–Trinajstić information content (AvgIpc) is 2.55. The van der Waals surface area contributed by atoms with Crippen LogP contribution in [0.15, 0.2) is 24.3 Å². The molecule has 0 unspecified atom stereocenters. The van der Waals surface area contributed by atoms with Crippen LogP contribution in [0.2, 0.25) is 0 Å². The molecule has 138 valence electrons. The van der Waals surface area contributed by atoms with Gasteiger partial charge in [-0.3, -0.25) is 9.59 Å². The molecule has 1 rings (SSSR count). The van der Waals surface area contributed by atoms with Gasteiger partial charge in [-0.2, -0.15) is 0 Å². The third-order valence-corrected chi connectivity index (χ3v) is 3.61. The van der Waals surface area contributed by atoms with E-state index in [0.29, 0.717) is 17.8 Å². The summed E-state index contributed by atoms with van der Waals surface area (Å²) in [5.74, 6) is -0.714. The summed E-state index contributed by atoms with van der Waals surface area (Å²) >= 11 is 0. The summed E-state index contributed by atoms with van der Waals surface area (Å²) in [5.41, 5.74) is 0.387. The Labute approximate surface area is 149 Å². The molecule has 0 heterocycles. The van der Waals surface area contributed by atoms with Crippen LogP contribution in [-0.4, -0.2) is 37.5 Å². The molecule has 2 amide bonds. The fourth-order valence-corrected chi connectivity index (χ4v) is 2.25. The van der Waals surface area contributed by atoms with E-state index in [0.717, 1.165) is 0 Å². The van der Waals surface area contributed by atoms with Crippen molar-refractivity contribution in [2.75, 3.05) is 24.6 Å². The molecule has 0 bridgehead atoms. The van der Waals surface area contributed by atoms with Gasteiger partial charge in [0.2, 0.25) is 11.8 Å². The van der Waals surface area contributed by atoms with E-state index in [9.17, 15) is 14.4 Å². The van der Waals surface area contributed by atoms with Crippen LogP contribution in [0.5, 0.6) is 0 Å². The van der Waals surface area contributed by atoms with E-state index in [2.05, 4.69) is 5.32 Å². The van der Waals surface area contributed by atoms with Gasteiger partial charge in [0.1, 0.15) is 0 Å². The minimum absolute atomic E-state index is 0.102. The summed E-state index contributed by atoms with van der Waals surface area (Å²) in [4.78, 5) is 38.1. The molecule has 0 atom stereocenters. The summed E-state index contributed by atoms with van der Waals surface area (Å²) in [6.07, 6.45) is 0.160. The van der Waals surface area contributed by atoms with Gasteiger partial charge in [-0.05, 0) is 26.0 Å². The molecule has 25 heavy (non-hydrogen) atoms. The Bertz CT molecular complexity index is 620. The number of nitrogens with one attached hydrogen (secondary N) is 1. The number of amides is 2. The lowest BCUT2D eigenvalue weighted by molar-refractivity contribution is -0.128. The van der Waals surface area contributed by atoms with Crippen molar-refractivity contribution in [3.05, 3.63) is 29.8 Å². The number of hydrogen-bond donors (Lipinski definition) is 1. The minimum atomic E-state index is -0.496. The number of hydrogen-bond acceptors (Lipinski definition) is 4. The summed E-state index contributed by atoms with van der Waals surface area (Å²) in [5, 5.41) is 2.76. The van der Waals surface area contributed by atoms with Crippen molar-refractivity contribution in [2.45, 2.75) is 41.0 Å². The van der Waals surface area contributed by atoms with Gasteiger partial charge in [-0.15, -0.1) is 0 Å². The van der Waals surface area contributed by atoms with Crippen LogP contribution in [0.4, 0.5) is 5.69 Å². The number of nitrogens with zero attached hydrogens (tertiary/aromatic N) is 1. The van der Waals surface area contributed by atoms with Crippen molar-refractivity contribution in [3.63, 3.8) is 0 Å². The molecule has 0 spiro atoms. The number of para-hydroxylation sites is 1. The number of benzene rings is 1. The van der Waals surface area contributed by atoms with Gasteiger partial charge in [0, 0.05) is 24.9 Å². The highest BCUT2D eigenvalue weighted by atomic mass is 16.5. The van der Waals surface area contributed by atoms with E-state index in [1.165, 1.54) is 4.90 Å². The number of esters is 1. The summed E-state index contributed by atoms with van der Waals surface area (Å²) in [7, 11) is 0. The zero-order chi connectivity index (χ0) is 19.0. The molecule has 1 aromatic rings. The average molecular weight is 348 g/mol. The molecule has 0 fully saturated rings. The number of carbonyl (C=O) groups excluding carboxylic acids is 3. The molecule has 0 radical (unpaired) electrons. The van der Waals surface area contributed by atoms with Crippen LogP contribution in [0.1, 0.15) is 51.4 Å². The molecule has 6 heteroatoms. The second-order valence-corrected chi connectivity index (χ2v) is 6.63. The Kier molecular flexibility index (Phi) is 7.61. The van der Waals surface area contributed by atoms with Gasteiger partial charge in [-0.1, -0.05) is 32.9 Å². The smallest absolute Gasteiger partial charge is 0.340 e. The zero-order valence-electron chi connectivity index (χ0n) is 15.7. The van der Waals surface area contributed by atoms with E-state index < -0.39 is 11.4 Å². The van der Waals surface area contributed by atoms with E-state index in [4.69, 9.17) is 4.74 Å². The first-order valence-electron chi connectivity index (χ1n) is 8.57. The molecular weight excluding hydrogens is 320 g/mol. The van der Waals surface area contributed by atoms with Crippen LogP contribution in [-0.2, 0) is 14.3 Å². The van der Waals surface area contributed by atoms with Crippen LogP contribution in [0.25, 0.3) is 0 Å². The monoisotopic (exact) mass is 348 g/mol. The van der Waals surface area contributed by atoms with Crippen LogP contribution < -0.4 is 10.2 Å². The molecule has 0 aromatic heterocycles. The Morgan fingerprint density at radius 3 is 2.32 bits per heavy atom. The zero-order valence-corrected chi connectivity index (χ0v) is 15.7. The molecule has 0 saturated carbocycles. The number of carbonyl (C=O) groups is 3. The number of ether oxygens (including phenoxy) is 1. The third kappa shape index (κ3) is 5.89. The maximum Gasteiger partial charge on any atom is 0.340 e. The lowest BCUT2D eigenvalue weighted by Gasteiger charge is -2.24. The lowest BCUT2D eigenvalue weighted by atomic mass is 9.96. The van der Waals surface area contributed by atoms with Crippen molar-refractivity contribution in [3.8, 4) is 0 Å². The van der Waals surface area contributed by atoms with Gasteiger partial charge in [0.25, 0.3) is 0 Å². The predicted octanol–water partition coefficient (Wildman–Crippen LogP) is 2.77. The Balaban J connectivity index is 2.83. The van der Waals surface area contributed by atoms with Crippen LogP contribution >= 0.6 is 0 Å². The Morgan fingerprint density at radius 2 is 1.76 bits per heavy atom. The largest absolute Gasteiger partial charge is 0.462 e. The fourth-order valence-electron chi connectivity index (χ4n) is 2.25. The van der Waals surface area contributed by atoms with Gasteiger partial charge in [-0.25, -0.2) is 4.79 Å². The summed E-state index contributed by atoms with van der Waals surface area (Å²) in [6, 6.07) is 6.87. The molecule has 6 nitrogen and oxygen atoms in total. The van der Waals surface area contributed by atoms with Gasteiger partial charge in [0.15, 0.2) is 0 Å². The van der Waals surface area contributed by atoms with Gasteiger partial charge in [0.05, 0.1) is 17.9 Å². The van der Waals surface area contributed by atoms with Crippen molar-refractivity contribution < 1.29 is 19.1 Å². The first-order chi connectivity index (χ1) is 11.7. The molecule has 0 aliphatic heterocycles. The van der Waals surface area contributed by atoms with Crippen molar-refractivity contribution in [1.82, 2.24) is 5.32 Å². The van der Waals surface area contributed by atoms with Crippen molar-refractivity contribution in [2.24, 2.45) is 5.41 Å². The maximum absolute atomic E-state index is 12.6.